The summed E-state index contributed by atoms with van der Waals surface area (Å²) in [6.45, 7) is 5.37. The summed E-state index contributed by atoms with van der Waals surface area (Å²) in [7, 11) is 0. The van der Waals surface area contributed by atoms with Crippen LogP contribution >= 0.6 is 22.7 Å². The third kappa shape index (κ3) is 10.5. The van der Waals surface area contributed by atoms with Crippen molar-refractivity contribution in [1.29, 1.82) is 0 Å². The fourth-order valence-corrected chi connectivity index (χ4v) is 9.47. The predicted octanol–water partition coefficient (Wildman–Crippen LogP) is 5.80. The Hall–Kier alpha value is -6.74. The Kier molecular flexibility index (Phi) is 14.2. The predicted molar refractivity (Wildman–Crippen MR) is 254 cm³/mol. The molecule has 2 saturated heterocycles. The number of benzene rings is 3. The zero-order chi connectivity index (χ0) is 45.2. The first-order chi connectivity index (χ1) is 32.4. The molecule has 20 heteroatoms. The van der Waals surface area contributed by atoms with E-state index in [0.717, 1.165) is 105 Å². The second-order valence-corrected chi connectivity index (χ2v) is 17.7. The number of amides is 4. The summed E-state index contributed by atoms with van der Waals surface area (Å²) in [4.78, 5) is 38.2. The Balaban J connectivity index is 0.948. The first-order valence-corrected chi connectivity index (χ1v) is 24.0. The molecule has 0 spiro atoms. The van der Waals surface area contributed by atoms with Gasteiger partial charge in [0.05, 0.1) is 70.8 Å². The van der Waals surface area contributed by atoms with E-state index in [1.54, 1.807) is 19.2 Å². The van der Waals surface area contributed by atoms with Crippen molar-refractivity contribution in [2.45, 2.75) is 38.5 Å². The van der Waals surface area contributed by atoms with E-state index < -0.39 is 0 Å². The van der Waals surface area contributed by atoms with Crippen LogP contribution in [-0.2, 0) is 12.8 Å². The minimum absolute atomic E-state index is 0.0838. The number of carbonyl (C=O) groups excluding carboxylic acids is 2. The second-order valence-electron chi connectivity index (χ2n) is 16.0. The van der Waals surface area contributed by atoms with Crippen LogP contribution in [0, 0.1) is 0 Å². The Morgan fingerprint density at radius 3 is 1.55 bits per heavy atom. The molecule has 2 aliphatic rings. The lowest BCUT2D eigenvalue weighted by atomic mass is 10.1. The van der Waals surface area contributed by atoms with E-state index in [-0.39, 0.29) is 12.1 Å². The molecule has 3 aromatic carbocycles. The minimum Gasteiger partial charge on any atom is -0.491 e. The van der Waals surface area contributed by atoms with Crippen LogP contribution in [0.5, 0.6) is 11.5 Å². The number of aryl methyl sites for hydroxylation is 2. The van der Waals surface area contributed by atoms with Gasteiger partial charge >= 0.3 is 12.1 Å². The summed E-state index contributed by atoms with van der Waals surface area (Å²) in [6, 6.07) is 19.9. The van der Waals surface area contributed by atoms with Gasteiger partial charge in [0.25, 0.3) is 0 Å². The number of nitrogens with one attached hydrogen (secondary N) is 2. The van der Waals surface area contributed by atoms with E-state index in [9.17, 15) is 9.59 Å². The maximum Gasteiger partial charge on any atom is 0.317 e. The van der Waals surface area contributed by atoms with Crippen molar-refractivity contribution in [3.63, 3.8) is 0 Å². The number of nitrogens with two attached hydrogens (primary N) is 2. The van der Waals surface area contributed by atoms with Gasteiger partial charge in [0.15, 0.2) is 0 Å². The van der Waals surface area contributed by atoms with Gasteiger partial charge in [0.1, 0.15) is 34.7 Å². The van der Waals surface area contributed by atoms with Crippen molar-refractivity contribution < 1.29 is 19.1 Å². The molecule has 9 rings (SSSR count). The maximum atomic E-state index is 12.2. The number of hydrogen-bond acceptors (Lipinski definition) is 14. The third-order valence-electron chi connectivity index (χ3n) is 11.4. The molecule has 0 bridgehead atoms. The highest BCUT2D eigenvalue weighted by Gasteiger charge is 2.22. The van der Waals surface area contributed by atoms with Crippen molar-refractivity contribution in [2.75, 3.05) is 65.6 Å². The van der Waals surface area contributed by atoms with E-state index in [1.165, 1.54) is 22.7 Å². The molecule has 4 aromatic heterocycles. The Labute approximate surface area is 389 Å². The van der Waals surface area contributed by atoms with Crippen LogP contribution in [-0.4, -0.2) is 127 Å². The lowest BCUT2D eigenvalue weighted by Gasteiger charge is -2.16. The number of thiazole rings is 2. The molecule has 0 atom stereocenters. The number of nitrogens with zero attached hydrogens (tertiary/aromatic N) is 10. The van der Waals surface area contributed by atoms with E-state index in [2.05, 4.69) is 37.3 Å². The number of urea groups is 2. The zero-order valence-corrected chi connectivity index (χ0v) is 38.1. The average molecular weight is 929 g/mol. The number of rotatable bonds is 22. The molecule has 18 nitrogen and oxygen atoms in total. The van der Waals surface area contributed by atoms with Crippen LogP contribution in [0.25, 0.3) is 55.0 Å². The molecule has 66 heavy (non-hydrogen) atoms. The molecule has 6 N–H and O–H groups in total. The van der Waals surface area contributed by atoms with Crippen molar-refractivity contribution in [2.24, 2.45) is 11.5 Å². The van der Waals surface area contributed by atoms with Gasteiger partial charge < -0.3 is 41.4 Å². The summed E-state index contributed by atoms with van der Waals surface area (Å²) in [6.07, 6.45) is 9.24. The Bertz CT molecular complexity index is 2580. The van der Waals surface area contributed by atoms with Crippen LogP contribution in [0.3, 0.4) is 0 Å². The Morgan fingerprint density at radius 2 is 1.11 bits per heavy atom. The second kappa shape index (κ2) is 21.0. The third-order valence-corrected chi connectivity index (χ3v) is 13.1. The van der Waals surface area contributed by atoms with Crippen LogP contribution in [0.4, 0.5) is 9.59 Å². The molecule has 0 radical (unpaired) electrons. The summed E-state index contributed by atoms with van der Waals surface area (Å²) in [5.41, 5.74) is 20.0. The van der Waals surface area contributed by atoms with E-state index in [0.29, 0.717) is 77.1 Å². The normalized spacial score (nSPS) is 13.7. The highest BCUT2D eigenvalue weighted by atomic mass is 32.1. The van der Waals surface area contributed by atoms with E-state index in [1.807, 2.05) is 77.8 Å². The van der Waals surface area contributed by atoms with Crippen LogP contribution < -0.4 is 31.6 Å². The quantitative estimate of drug-likeness (QED) is 0.0593. The number of hydrogen-bond donors (Lipinski definition) is 4. The summed E-state index contributed by atoms with van der Waals surface area (Å²) >= 11 is 3.07. The fraction of sp³-hybridized carbons (Fsp3) is 0.348. The van der Waals surface area contributed by atoms with E-state index >= 15 is 0 Å². The lowest BCUT2D eigenvalue weighted by Crippen LogP contribution is -2.31. The van der Waals surface area contributed by atoms with Gasteiger partial charge in [-0.3, -0.25) is 0 Å². The number of carbonyl (C=O) groups is 2. The largest absolute Gasteiger partial charge is 0.491 e. The molecule has 2 fully saturated rings. The van der Waals surface area contributed by atoms with Gasteiger partial charge in [0, 0.05) is 60.2 Å². The molecule has 342 valence electrons. The smallest absolute Gasteiger partial charge is 0.317 e. The highest BCUT2D eigenvalue weighted by Crippen LogP contribution is 2.39. The van der Waals surface area contributed by atoms with Gasteiger partial charge in [-0.2, -0.15) is 0 Å². The SMILES string of the molecule is NCCCCc1cn(-c2ccc(-c3nc(-c4cccc(-c5csc(-c6ccc(-n7cc(CCCCN)nn7)cc6OCCN6CCNC6=O)n5)c4)cs3)c(OCCN3CCNC3=O)c2)nn1. The fourth-order valence-electron chi connectivity index (χ4n) is 7.76. The van der Waals surface area contributed by atoms with Gasteiger partial charge in [-0.15, -0.1) is 32.9 Å². The first kappa shape index (κ1) is 44.5. The van der Waals surface area contributed by atoms with Crippen molar-refractivity contribution in [3.05, 3.63) is 95.2 Å². The van der Waals surface area contributed by atoms with Crippen LogP contribution in [0.2, 0.25) is 0 Å². The van der Waals surface area contributed by atoms with Crippen molar-refractivity contribution in [3.8, 4) is 66.5 Å². The monoisotopic (exact) mass is 928 g/mol. The zero-order valence-electron chi connectivity index (χ0n) is 36.5. The molecule has 4 amide bonds. The molecule has 2 aliphatic heterocycles. The van der Waals surface area contributed by atoms with Crippen LogP contribution in [0.15, 0.2) is 83.8 Å². The number of ether oxygens (including phenoxy) is 2. The Morgan fingerprint density at radius 1 is 0.621 bits per heavy atom. The molecule has 0 aliphatic carbocycles. The van der Waals surface area contributed by atoms with Gasteiger partial charge in [-0.1, -0.05) is 28.6 Å². The molecule has 6 heterocycles. The van der Waals surface area contributed by atoms with Gasteiger partial charge in [0.2, 0.25) is 0 Å². The van der Waals surface area contributed by atoms with Crippen molar-refractivity contribution in [1.82, 2.24) is 60.4 Å². The molecule has 7 aromatic rings. The molecule has 0 unspecified atom stereocenters. The number of unbranched alkanes of at least 4 members (excludes halogenated alkanes) is 2. The minimum atomic E-state index is -0.0838. The lowest BCUT2D eigenvalue weighted by molar-refractivity contribution is 0.202. The highest BCUT2D eigenvalue weighted by molar-refractivity contribution is 7.13. The maximum absolute atomic E-state index is 12.2. The van der Waals surface area contributed by atoms with E-state index in [4.69, 9.17) is 30.9 Å². The summed E-state index contributed by atoms with van der Waals surface area (Å²) in [5, 5.41) is 28.9. The topological polar surface area (TPSA) is 222 Å². The number of aromatic nitrogens is 8. The average Bonchev–Trinajstić information content (AvgIpc) is 4.21. The van der Waals surface area contributed by atoms with Gasteiger partial charge in [-0.25, -0.2) is 28.9 Å². The van der Waals surface area contributed by atoms with Gasteiger partial charge in [-0.05, 0) is 81.9 Å². The molecule has 0 saturated carbocycles. The first-order valence-electron chi connectivity index (χ1n) is 22.3. The molecular formula is C46H52N14O4S2. The summed E-state index contributed by atoms with van der Waals surface area (Å²) < 4.78 is 16.3. The molecular weight excluding hydrogens is 877 g/mol. The summed E-state index contributed by atoms with van der Waals surface area (Å²) in [5.74, 6) is 1.28. The van der Waals surface area contributed by atoms with Crippen LogP contribution in [0.1, 0.15) is 37.1 Å². The standard InChI is InChI=1S/C46H52N14O4S2/c47-14-3-1-8-33-27-59(55-53-33)35-10-12-37(41(25-35)63-22-20-57-18-16-49-45(57)61)43-51-39(29-65-43)31-6-5-7-32(24-31)40-30-66-44(52-40)38-13-11-36(60-28-34(54-56-60)9-2-4-15-48)26-42(38)64-23-21-58-19-17-50-46(58)62/h5-7,10-13,24-30H,1-4,8-9,14-23,47-48H2,(H,49,61)(H,50,62). The van der Waals surface area contributed by atoms with Crippen molar-refractivity contribution >= 4 is 34.7 Å².